The number of hydrogen-bond donors (Lipinski definition) is 1. The van der Waals surface area contributed by atoms with Crippen LogP contribution < -0.4 is 19.7 Å². The molecule has 9 nitrogen and oxygen atoms in total. The lowest BCUT2D eigenvalue weighted by Gasteiger charge is -2.26. The van der Waals surface area contributed by atoms with Gasteiger partial charge in [-0.05, 0) is 68.3 Å². The number of urea groups is 1. The lowest BCUT2D eigenvalue weighted by molar-refractivity contribution is -0.122. The van der Waals surface area contributed by atoms with Crippen molar-refractivity contribution in [2.45, 2.75) is 27.2 Å². The van der Waals surface area contributed by atoms with Gasteiger partial charge in [-0.25, -0.2) is 14.5 Å². The van der Waals surface area contributed by atoms with Crippen LogP contribution in [0.4, 0.5) is 10.5 Å². The molecule has 34 heavy (non-hydrogen) atoms. The molecular formula is C25H26N2O7. The maximum absolute atomic E-state index is 13.1. The maximum Gasteiger partial charge on any atom is 0.338 e. The first-order chi connectivity index (χ1) is 16.4. The van der Waals surface area contributed by atoms with E-state index in [0.29, 0.717) is 30.3 Å². The maximum atomic E-state index is 13.1. The van der Waals surface area contributed by atoms with Gasteiger partial charge in [0, 0.05) is 0 Å². The average Bonchev–Trinajstić information content (AvgIpc) is 2.82. The number of barbiturate groups is 1. The smallest absolute Gasteiger partial charge is 0.338 e. The van der Waals surface area contributed by atoms with Crippen LogP contribution in [0.1, 0.15) is 43.1 Å². The van der Waals surface area contributed by atoms with Crippen LogP contribution in [-0.2, 0) is 14.3 Å². The van der Waals surface area contributed by atoms with Gasteiger partial charge < -0.3 is 14.2 Å². The van der Waals surface area contributed by atoms with E-state index >= 15 is 0 Å². The number of carbonyl (C=O) groups is 4. The molecular weight excluding hydrogens is 440 g/mol. The summed E-state index contributed by atoms with van der Waals surface area (Å²) in [7, 11) is 0. The van der Waals surface area contributed by atoms with Crippen LogP contribution in [0.5, 0.6) is 11.5 Å². The number of imide groups is 2. The zero-order valence-electron chi connectivity index (χ0n) is 19.3. The molecule has 1 N–H and O–H groups in total. The van der Waals surface area contributed by atoms with Crippen molar-refractivity contribution in [1.82, 2.24) is 5.32 Å². The summed E-state index contributed by atoms with van der Waals surface area (Å²) >= 11 is 0. The van der Waals surface area contributed by atoms with Gasteiger partial charge in [0.15, 0.2) is 11.5 Å². The number of benzene rings is 2. The lowest BCUT2D eigenvalue weighted by atomic mass is 10.1. The highest BCUT2D eigenvalue weighted by Gasteiger charge is 2.36. The van der Waals surface area contributed by atoms with E-state index in [1.165, 1.54) is 30.3 Å². The van der Waals surface area contributed by atoms with Gasteiger partial charge in [-0.2, -0.15) is 0 Å². The Balaban J connectivity index is 1.91. The van der Waals surface area contributed by atoms with Gasteiger partial charge in [-0.3, -0.25) is 14.9 Å². The molecule has 3 rings (SSSR count). The predicted octanol–water partition coefficient (Wildman–Crippen LogP) is 3.72. The number of nitrogens with one attached hydrogen (secondary N) is 1. The fourth-order valence-electron chi connectivity index (χ4n) is 3.23. The van der Waals surface area contributed by atoms with Crippen LogP contribution in [0.25, 0.3) is 6.08 Å². The summed E-state index contributed by atoms with van der Waals surface area (Å²) in [5.74, 6) is -1.07. The van der Waals surface area contributed by atoms with Gasteiger partial charge in [-0.1, -0.05) is 13.0 Å². The second-order valence-electron chi connectivity index (χ2n) is 7.21. The molecule has 9 heteroatoms. The molecule has 0 aromatic heterocycles. The molecule has 0 saturated carbocycles. The Labute approximate surface area is 197 Å². The molecule has 1 aliphatic heterocycles. The fraction of sp³-hybridized carbons (Fsp3) is 0.280. The van der Waals surface area contributed by atoms with Gasteiger partial charge in [0.2, 0.25) is 0 Å². The highest BCUT2D eigenvalue weighted by Crippen LogP contribution is 2.30. The SMILES string of the molecule is CCCOc1ccc(/C=C2\C(=O)NC(=O)N(c3ccc(C(=O)OCC)cc3)C2=O)cc1OCC. The monoisotopic (exact) mass is 466 g/mol. The van der Waals surface area contributed by atoms with E-state index in [1.807, 2.05) is 13.8 Å². The number of amides is 4. The Morgan fingerprint density at radius 3 is 2.32 bits per heavy atom. The number of nitrogens with zero attached hydrogens (tertiary/aromatic N) is 1. The molecule has 0 bridgehead atoms. The number of esters is 1. The number of rotatable bonds is 9. The molecule has 1 fully saturated rings. The highest BCUT2D eigenvalue weighted by atomic mass is 16.5. The number of carbonyl (C=O) groups excluding carboxylic acids is 4. The minimum atomic E-state index is -0.880. The third-order valence-corrected chi connectivity index (χ3v) is 4.78. The largest absolute Gasteiger partial charge is 0.490 e. The average molecular weight is 466 g/mol. The summed E-state index contributed by atoms with van der Waals surface area (Å²) < 4.78 is 16.2. The zero-order valence-corrected chi connectivity index (χ0v) is 19.3. The van der Waals surface area contributed by atoms with Crippen LogP contribution in [-0.4, -0.2) is 43.6 Å². The van der Waals surface area contributed by atoms with E-state index < -0.39 is 23.8 Å². The Kier molecular flexibility index (Phi) is 8.02. The van der Waals surface area contributed by atoms with E-state index in [1.54, 1.807) is 25.1 Å². The molecule has 1 aliphatic rings. The number of anilines is 1. The van der Waals surface area contributed by atoms with E-state index in [4.69, 9.17) is 14.2 Å². The van der Waals surface area contributed by atoms with Crippen molar-refractivity contribution in [3.05, 3.63) is 59.2 Å². The second kappa shape index (κ2) is 11.1. The summed E-state index contributed by atoms with van der Waals surface area (Å²) in [6, 6.07) is 9.93. The summed E-state index contributed by atoms with van der Waals surface area (Å²) in [6.45, 7) is 6.67. The van der Waals surface area contributed by atoms with Crippen LogP contribution in [0, 0.1) is 0 Å². The van der Waals surface area contributed by atoms with Crippen molar-refractivity contribution >= 4 is 35.6 Å². The molecule has 0 atom stereocenters. The summed E-state index contributed by atoms with van der Waals surface area (Å²) in [4.78, 5) is 50.7. The van der Waals surface area contributed by atoms with E-state index in [9.17, 15) is 19.2 Å². The summed E-state index contributed by atoms with van der Waals surface area (Å²) in [5.41, 5.74) is 0.778. The molecule has 0 spiro atoms. The number of hydrogen-bond acceptors (Lipinski definition) is 7. The molecule has 2 aromatic carbocycles. The molecule has 1 heterocycles. The Hall–Kier alpha value is -4.14. The number of ether oxygens (including phenoxy) is 3. The van der Waals surface area contributed by atoms with E-state index in [-0.39, 0.29) is 23.4 Å². The van der Waals surface area contributed by atoms with Crippen molar-refractivity contribution in [3.63, 3.8) is 0 Å². The molecule has 178 valence electrons. The Morgan fingerprint density at radius 1 is 0.941 bits per heavy atom. The topological polar surface area (TPSA) is 111 Å². The first-order valence-electron chi connectivity index (χ1n) is 11.0. The highest BCUT2D eigenvalue weighted by molar-refractivity contribution is 6.39. The first kappa shape index (κ1) is 24.5. The molecule has 0 radical (unpaired) electrons. The lowest BCUT2D eigenvalue weighted by Crippen LogP contribution is -2.54. The molecule has 1 saturated heterocycles. The van der Waals surface area contributed by atoms with Gasteiger partial charge in [0.05, 0.1) is 31.1 Å². The predicted molar refractivity (Wildman–Crippen MR) is 125 cm³/mol. The van der Waals surface area contributed by atoms with Crippen molar-refractivity contribution in [2.75, 3.05) is 24.7 Å². The van der Waals surface area contributed by atoms with Gasteiger partial charge in [0.1, 0.15) is 5.57 Å². The van der Waals surface area contributed by atoms with Gasteiger partial charge in [0.25, 0.3) is 11.8 Å². The van der Waals surface area contributed by atoms with Crippen LogP contribution in [0.3, 0.4) is 0 Å². The van der Waals surface area contributed by atoms with Crippen LogP contribution in [0.2, 0.25) is 0 Å². The van der Waals surface area contributed by atoms with Crippen molar-refractivity contribution in [2.24, 2.45) is 0 Å². The molecule has 0 aliphatic carbocycles. The quantitative estimate of drug-likeness (QED) is 0.341. The zero-order chi connectivity index (χ0) is 24.7. The third kappa shape index (κ3) is 5.43. The molecule has 4 amide bonds. The second-order valence-corrected chi connectivity index (χ2v) is 7.21. The third-order valence-electron chi connectivity index (χ3n) is 4.78. The Bertz CT molecular complexity index is 1120. The van der Waals surface area contributed by atoms with Crippen LogP contribution >= 0.6 is 0 Å². The summed E-state index contributed by atoms with van der Waals surface area (Å²) in [5, 5.41) is 2.18. The van der Waals surface area contributed by atoms with Crippen molar-refractivity contribution in [1.29, 1.82) is 0 Å². The normalized spacial score (nSPS) is 14.7. The standard InChI is InChI=1S/C25H26N2O7/c1-4-13-34-20-12-7-16(15-21(20)32-5-2)14-19-22(28)26-25(31)27(23(19)29)18-10-8-17(9-11-18)24(30)33-6-3/h7-12,14-15H,4-6,13H2,1-3H3,(H,26,28,31)/b19-14+. The van der Waals surface area contributed by atoms with Crippen molar-refractivity contribution in [3.8, 4) is 11.5 Å². The first-order valence-corrected chi connectivity index (χ1v) is 11.0. The fourth-order valence-corrected chi connectivity index (χ4v) is 3.23. The minimum Gasteiger partial charge on any atom is -0.490 e. The van der Waals surface area contributed by atoms with Gasteiger partial charge in [-0.15, -0.1) is 0 Å². The Morgan fingerprint density at radius 2 is 1.68 bits per heavy atom. The minimum absolute atomic E-state index is 0.201. The molecule has 0 unspecified atom stereocenters. The van der Waals surface area contributed by atoms with Crippen molar-refractivity contribution < 1.29 is 33.4 Å². The molecule has 2 aromatic rings. The van der Waals surface area contributed by atoms with Crippen LogP contribution in [0.15, 0.2) is 48.0 Å². The van der Waals surface area contributed by atoms with E-state index in [0.717, 1.165) is 11.3 Å². The van der Waals surface area contributed by atoms with E-state index in [2.05, 4.69) is 5.32 Å². The summed E-state index contributed by atoms with van der Waals surface area (Å²) in [6.07, 6.45) is 2.22. The van der Waals surface area contributed by atoms with Gasteiger partial charge >= 0.3 is 12.0 Å².